The van der Waals surface area contributed by atoms with Crippen molar-refractivity contribution >= 4 is 17.2 Å². The van der Waals surface area contributed by atoms with E-state index in [9.17, 15) is 0 Å². The molecule has 2 heterocycles. The fourth-order valence-electron chi connectivity index (χ4n) is 2.28. The zero-order valence-corrected chi connectivity index (χ0v) is 13.2. The summed E-state index contributed by atoms with van der Waals surface area (Å²) in [6.45, 7) is 9.17. The summed E-state index contributed by atoms with van der Waals surface area (Å²) in [5.74, 6) is 1.47. The molecule has 0 bridgehead atoms. The van der Waals surface area contributed by atoms with Crippen molar-refractivity contribution in [2.24, 2.45) is 5.73 Å². The van der Waals surface area contributed by atoms with Gasteiger partial charge in [0.2, 0.25) is 0 Å². The number of amidine groups is 1. The molecule has 3 N–H and O–H groups in total. The maximum Gasteiger partial charge on any atom is 0.154 e. The molecule has 0 fully saturated rings. The second-order valence-corrected chi connectivity index (χ2v) is 5.87. The van der Waals surface area contributed by atoms with Crippen molar-refractivity contribution in [3.8, 4) is 0 Å². The van der Waals surface area contributed by atoms with Crippen molar-refractivity contribution in [3.63, 3.8) is 0 Å². The Bertz CT molecular complexity index is 628. The van der Waals surface area contributed by atoms with Crippen LogP contribution in [0.3, 0.4) is 0 Å². The Morgan fingerprint density at radius 1 is 1.38 bits per heavy atom. The van der Waals surface area contributed by atoms with Gasteiger partial charge in [-0.1, -0.05) is 13.8 Å². The summed E-state index contributed by atoms with van der Waals surface area (Å²) in [5, 5.41) is 12.0. The van der Waals surface area contributed by atoms with E-state index in [1.165, 1.54) is 0 Å². The molecule has 114 valence electrons. The van der Waals surface area contributed by atoms with Gasteiger partial charge in [0.15, 0.2) is 5.82 Å². The highest BCUT2D eigenvalue weighted by atomic mass is 15.3. The summed E-state index contributed by atoms with van der Waals surface area (Å²) < 4.78 is 1.88. The van der Waals surface area contributed by atoms with Crippen LogP contribution in [0.5, 0.6) is 0 Å². The van der Waals surface area contributed by atoms with Crippen molar-refractivity contribution in [1.82, 2.24) is 14.6 Å². The molecule has 0 amide bonds. The third-order valence-electron chi connectivity index (χ3n) is 3.50. The number of hydrogen-bond acceptors (Lipinski definition) is 4. The van der Waals surface area contributed by atoms with Gasteiger partial charge in [0.1, 0.15) is 5.52 Å². The van der Waals surface area contributed by atoms with Crippen LogP contribution in [-0.2, 0) is 0 Å². The van der Waals surface area contributed by atoms with Crippen LogP contribution in [0.2, 0.25) is 0 Å². The lowest BCUT2D eigenvalue weighted by Crippen LogP contribution is -2.34. The minimum absolute atomic E-state index is 0.198. The Labute approximate surface area is 125 Å². The second-order valence-electron chi connectivity index (χ2n) is 5.87. The van der Waals surface area contributed by atoms with Gasteiger partial charge < -0.3 is 10.6 Å². The second kappa shape index (κ2) is 6.11. The minimum Gasteiger partial charge on any atom is -0.388 e. The summed E-state index contributed by atoms with van der Waals surface area (Å²) in [5.41, 5.74) is 7.55. The molecule has 0 radical (unpaired) electrons. The number of fused-ring (bicyclic) bond motifs is 1. The van der Waals surface area contributed by atoms with Crippen LogP contribution in [0, 0.1) is 5.41 Å². The molecule has 0 saturated carbocycles. The smallest absolute Gasteiger partial charge is 0.154 e. The van der Waals surface area contributed by atoms with Crippen molar-refractivity contribution in [3.05, 3.63) is 24.2 Å². The first-order valence-corrected chi connectivity index (χ1v) is 7.34. The lowest BCUT2D eigenvalue weighted by Gasteiger charge is -2.28. The summed E-state index contributed by atoms with van der Waals surface area (Å²) in [7, 11) is 0. The van der Waals surface area contributed by atoms with E-state index in [-0.39, 0.29) is 11.9 Å². The maximum atomic E-state index is 7.43. The third kappa shape index (κ3) is 3.32. The zero-order chi connectivity index (χ0) is 15.6. The maximum absolute atomic E-state index is 7.43. The summed E-state index contributed by atoms with van der Waals surface area (Å²) in [4.78, 5) is 6.70. The Morgan fingerprint density at radius 3 is 2.67 bits per heavy atom. The average molecular weight is 288 g/mol. The van der Waals surface area contributed by atoms with Gasteiger partial charge >= 0.3 is 0 Å². The first kappa shape index (κ1) is 15.3. The summed E-state index contributed by atoms with van der Waals surface area (Å²) in [6.07, 6.45) is 4.17. The molecule has 0 unspecified atom stereocenters. The largest absolute Gasteiger partial charge is 0.388 e. The predicted molar refractivity (Wildman–Crippen MR) is 86.1 cm³/mol. The van der Waals surface area contributed by atoms with Crippen molar-refractivity contribution in [1.29, 1.82) is 5.41 Å². The number of nitrogens with zero attached hydrogens (tertiary/aromatic N) is 4. The number of nitrogens with two attached hydrogens (primary N) is 1. The van der Waals surface area contributed by atoms with Gasteiger partial charge in [-0.25, -0.2) is 9.50 Å². The van der Waals surface area contributed by atoms with E-state index in [0.29, 0.717) is 18.9 Å². The van der Waals surface area contributed by atoms with Crippen LogP contribution in [0.1, 0.15) is 45.7 Å². The molecule has 0 saturated heterocycles. The highest BCUT2D eigenvalue weighted by Crippen LogP contribution is 2.24. The van der Waals surface area contributed by atoms with E-state index in [2.05, 4.69) is 48.7 Å². The first-order valence-electron chi connectivity index (χ1n) is 7.34. The van der Waals surface area contributed by atoms with Crippen molar-refractivity contribution in [2.75, 3.05) is 11.4 Å². The molecule has 0 aliphatic carbocycles. The van der Waals surface area contributed by atoms with E-state index in [1.54, 1.807) is 6.20 Å². The number of aromatic nitrogens is 3. The molecule has 6 nitrogen and oxygen atoms in total. The van der Waals surface area contributed by atoms with Gasteiger partial charge in [-0.15, -0.1) is 0 Å². The van der Waals surface area contributed by atoms with Gasteiger partial charge in [-0.2, -0.15) is 5.10 Å². The Kier molecular flexibility index (Phi) is 4.45. The molecule has 2 aromatic rings. The summed E-state index contributed by atoms with van der Waals surface area (Å²) in [6, 6.07) is 2.37. The Balaban J connectivity index is 2.44. The molecule has 0 spiro atoms. The number of hydrogen-bond donors (Lipinski definition) is 2. The monoisotopic (exact) mass is 288 g/mol. The molecule has 2 aromatic heterocycles. The molecular formula is C15H24N6. The normalized spacial score (nSPS) is 11.5. The van der Waals surface area contributed by atoms with E-state index in [1.807, 2.05) is 10.7 Å². The van der Waals surface area contributed by atoms with Gasteiger partial charge in [0, 0.05) is 31.4 Å². The lowest BCUT2D eigenvalue weighted by atomic mass is 10.1. The molecular weight excluding hydrogens is 264 g/mol. The van der Waals surface area contributed by atoms with Gasteiger partial charge in [0.25, 0.3) is 0 Å². The Hall–Kier alpha value is -2.11. The van der Waals surface area contributed by atoms with Gasteiger partial charge in [-0.3, -0.25) is 5.41 Å². The fraction of sp³-hybridized carbons (Fsp3) is 0.533. The van der Waals surface area contributed by atoms with Crippen LogP contribution >= 0.6 is 0 Å². The average Bonchev–Trinajstić information content (AvgIpc) is 2.83. The molecule has 2 rings (SSSR count). The van der Waals surface area contributed by atoms with Crippen molar-refractivity contribution in [2.45, 2.75) is 46.1 Å². The van der Waals surface area contributed by atoms with Crippen LogP contribution in [0.4, 0.5) is 5.82 Å². The molecule has 0 atom stereocenters. The van der Waals surface area contributed by atoms with Gasteiger partial charge in [-0.05, 0) is 25.8 Å². The minimum atomic E-state index is 0.198. The molecule has 0 aromatic carbocycles. The highest BCUT2D eigenvalue weighted by Gasteiger charge is 2.17. The van der Waals surface area contributed by atoms with Crippen LogP contribution in [0.15, 0.2) is 18.5 Å². The first-order chi connectivity index (χ1) is 9.90. The number of rotatable bonds is 6. The summed E-state index contributed by atoms with van der Waals surface area (Å²) >= 11 is 0. The van der Waals surface area contributed by atoms with E-state index < -0.39 is 0 Å². The van der Waals surface area contributed by atoms with E-state index >= 15 is 0 Å². The fourth-order valence-corrected chi connectivity index (χ4v) is 2.28. The number of anilines is 1. The number of nitrogens with one attached hydrogen (secondary N) is 1. The quantitative estimate of drug-likeness (QED) is 0.631. The molecule has 0 aliphatic rings. The van der Waals surface area contributed by atoms with Crippen LogP contribution in [0.25, 0.3) is 5.52 Å². The highest BCUT2D eigenvalue weighted by molar-refractivity contribution is 5.78. The van der Waals surface area contributed by atoms with E-state index in [0.717, 1.165) is 17.0 Å². The molecule has 6 heteroatoms. The Morgan fingerprint density at radius 2 is 2.10 bits per heavy atom. The van der Waals surface area contributed by atoms with Crippen LogP contribution < -0.4 is 10.6 Å². The molecule has 0 aliphatic heterocycles. The lowest BCUT2D eigenvalue weighted by molar-refractivity contribution is 0.678. The van der Waals surface area contributed by atoms with E-state index in [4.69, 9.17) is 11.1 Å². The SMILES string of the molecule is CC(C)c1cc2c(N(CCC(=N)N)C(C)C)nccn2n1. The van der Waals surface area contributed by atoms with Crippen LogP contribution in [-0.4, -0.2) is 33.0 Å². The predicted octanol–water partition coefficient (Wildman–Crippen LogP) is 2.39. The van der Waals surface area contributed by atoms with Crippen molar-refractivity contribution < 1.29 is 0 Å². The third-order valence-corrected chi connectivity index (χ3v) is 3.50. The standard InChI is InChI=1S/C15H24N6/c1-10(2)12-9-13-15(18-6-8-21(13)19-12)20(11(3)4)7-5-14(16)17/h6,8-11H,5,7H2,1-4H3,(H3,16,17). The molecule has 21 heavy (non-hydrogen) atoms. The topological polar surface area (TPSA) is 83.3 Å². The van der Waals surface area contributed by atoms with Gasteiger partial charge in [0.05, 0.1) is 11.5 Å². The zero-order valence-electron chi connectivity index (χ0n) is 13.2.